The summed E-state index contributed by atoms with van der Waals surface area (Å²) in [5, 5.41) is 28.9. The number of rotatable bonds is 5. The number of anilines is 1. The second-order valence-electron chi connectivity index (χ2n) is 5.06. The van der Waals surface area contributed by atoms with Crippen LogP contribution in [-0.4, -0.2) is 36.9 Å². The Hall–Kier alpha value is -2.54. The average Bonchev–Trinajstić information content (AvgIpc) is 2.95. The van der Waals surface area contributed by atoms with Gasteiger partial charge >= 0.3 is 0 Å². The van der Waals surface area contributed by atoms with Gasteiger partial charge in [0, 0.05) is 6.54 Å². The zero-order chi connectivity index (χ0) is 14.7. The van der Waals surface area contributed by atoms with Crippen molar-refractivity contribution in [2.75, 3.05) is 11.9 Å². The second kappa shape index (κ2) is 5.45. The molecule has 0 radical (unpaired) electrons. The molecule has 2 heterocycles. The Morgan fingerprint density at radius 2 is 2.00 bits per heavy atom. The summed E-state index contributed by atoms with van der Waals surface area (Å²) in [7, 11) is 0. The van der Waals surface area contributed by atoms with E-state index in [1.54, 1.807) is 6.07 Å². The molecule has 0 aliphatic heterocycles. The third-order valence-electron chi connectivity index (χ3n) is 3.38. The minimum Gasteiger partial charge on any atom is -0.385 e. The molecule has 1 aromatic carbocycles. The number of tetrazole rings is 1. The molecule has 0 saturated carbocycles. The lowest BCUT2D eigenvalue weighted by atomic mass is 9.93. The lowest BCUT2D eigenvalue weighted by Gasteiger charge is -2.24. The van der Waals surface area contributed by atoms with Gasteiger partial charge in [-0.3, -0.25) is 0 Å². The first-order chi connectivity index (χ1) is 10.1. The highest BCUT2D eigenvalue weighted by Crippen LogP contribution is 2.23. The molecule has 0 fully saturated rings. The van der Waals surface area contributed by atoms with Crippen LogP contribution in [0.4, 0.5) is 5.82 Å². The molecule has 7 heteroatoms. The lowest BCUT2D eigenvalue weighted by Crippen LogP contribution is -2.24. The molecule has 0 spiro atoms. The maximum Gasteiger partial charge on any atom is 0.200 e. The highest BCUT2D eigenvalue weighted by Gasteiger charge is 2.22. The van der Waals surface area contributed by atoms with Gasteiger partial charge in [0.15, 0.2) is 5.65 Å². The minimum absolute atomic E-state index is 0.562. The van der Waals surface area contributed by atoms with Crippen LogP contribution in [0.15, 0.2) is 42.5 Å². The zero-order valence-electron chi connectivity index (χ0n) is 11.6. The van der Waals surface area contributed by atoms with Crippen LogP contribution in [0.1, 0.15) is 18.9 Å². The van der Waals surface area contributed by atoms with Crippen molar-refractivity contribution in [3.63, 3.8) is 0 Å². The predicted octanol–water partition coefficient (Wildman–Crippen LogP) is 1.23. The van der Waals surface area contributed by atoms with Gasteiger partial charge in [0.1, 0.15) is 5.82 Å². The topological polar surface area (TPSA) is 88.2 Å². The first-order valence-electron chi connectivity index (χ1n) is 6.72. The largest absolute Gasteiger partial charge is 0.385 e. The number of fused-ring (bicyclic) bond motifs is 1. The zero-order valence-corrected chi connectivity index (χ0v) is 11.6. The molecular weight excluding hydrogens is 268 g/mol. The number of hydrogen-bond acceptors (Lipinski definition) is 6. The van der Waals surface area contributed by atoms with E-state index >= 15 is 0 Å². The Kier molecular flexibility index (Phi) is 3.49. The maximum atomic E-state index is 10.5. The first kappa shape index (κ1) is 13.4. The molecule has 21 heavy (non-hydrogen) atoms. The monoisotopic (exact) mass is 284 g/mol. The van der Waals surface area contributed by atoms with Crippen LogP contribution in [0.25, 0.3) is 5.65 Å². The van der Waals surface area contributed by atoms with Crippen molar-refractivity contribution in [1.82, 2.24) is 25.3 Å². The molecule has 2 N–H and O–H groups in total. The summed E-state index contributed by atoms with van der Waals surface area (Å²) in [5.74, 6) is 0.665. The molecule has 0 saturated heterocycles. The van der Waals surface area contributed by atoms with Gasteiger partial charge in [-0.15, -0.1) is 14.8 Å². The third kappa shape index (κ3) is 2.97. The Morgan fingerprint density at radius 1 is 1.19 bits per heavy atom. The van der Waals surface area contributed by atoms with Gasteiger partial charge in [0.05, 0.1) is 5.60 Å². The fourth-order valence-electron chi connectivity index (χ4n) is 2.12. The van der Waals surface area contributed by atoms with Gasteiger partial charge < -0.3 is 10.4 Å². The number of aromatic nitrogens is 5. The van der Waals surface area contributed by atoms with Gasteiger partial charge in [-0.2, -0.15) is 0 Å². The van der Waals surface area contributed by atoms with E-state index in [4.69, 9.17) is 0 Å². The highest BCUT2D eigenvalue weighted by atomic mass is 16.3. The van der Waals surface area contributed by atoms with Crippen LogP contribution >= 0.6 is 0 Å². The molecule has 0 bridgehead atoms. The predicted molar refractivity (Wildman–Crippen MR) is 77.7 cm³/mol. The van der Waals surface area contributed by atoms with Crippen molar-refractivity contribution < 1.29 is 5.11 Å². The third-order valence-corrected chi connectivity index (χ3v) is 3.38. The summed E-state index contributed by atoms with van der Waals surface area (Å²) in [6.45, 7) is 2.39. The Balaban J connectivity index is 1.62. The van der Waals surface area contributed by atoms with Gasteiger partial charge in [0.2, 0.25) is 0 Å². The van der Waals surface area contributed by atoms with E-state index in [2.05, 4.69) is 25.9 Å². The van der Waals surface area contributed by atoms with Crippen molar-refractivity contribution in [2.45, 2.75) is 18.9 Å². The van der Waals surface area contributed by atoms with Crippen LogP contribution in [0, 0.1) is 0 Å². The van der Waals surface area contributed by atoms with Gasteiger partial charge in [0.25, 0.3) is 0 Å². The molecule has 0 aliphatic rings. The summed E-state index contributed by atoms with van der Waals surface area (Å²) in [6, 6.07) is 13.2. The van der Waals surface area contributed by atoms with Crippen molar-refractivity contribution >= 4 is 11.5 Å². The van der Waals surface area contributed by atoms with Crippen LogP contribution in [0.2, 0.25) is 0 Å². The van der Waals surface area contributed by atoms with E-state index in [0.717, 1.165) is 5.56 Å². The molecule has 3 aromatic rings. The number of nitrogens with one attached hydrogen (secondary N) is 1. The quantitative estimate of drug-likeness (QED) is 0.732. The molecule has 0 amide bonds. The number of nitrogens with zero attached hydrogens (tertiary/aromatic N) is 5. The lowest BCUT2D eigenvalue weighted by molar-refractivity contribution is 0.0515. The summed E-state index contributed by atoms with van der Waals surface area (Å²) in [4.78, 5) is 0. The molecule has 1 atom stereocenters. The number of aliphatic hydroxyl groups is 1. The van der Waals surface area contributed by atoms with Gasteiger partial charge in [-0.1, -0.05) is 30.3 Å². The highest BCUT2D eigenvalue weighted by molar-refractivity contribution is 5.42. The maximum absolute atomic E-state index is 10.5. The van der Waals surface area contributed by atoms with E-state index in [-0.39, 0.29) is 0 Å². The Labute approximate surface area is 121 Å². The summed E-state index contributed by atoms with van der Waals surface area (Å²) in [6.07, 6.45) is 0.562. The van der Waals surface area contributed by atoms with Gasteiger partial charge in [-0.25, -0.2) is 0 Å². The van der Waals surface area contributed by atoms with Crippen molar-refractivity contribution in [2.24, 2.45) is 0 Å². The van der Waals surface area contributed by atoms with E-state index in [0.29, 0.717) is 24.4 Å². The molecule has 0 aliphatic carbocycles. The van der Waals surface area contributed by atoms with Crippen molar-refractivity contribution in [3.05, 3.63) is 48.0 Å². The summed E-state index contributed by atoms with van der Waals surface area (Å²) < 4.78 is 1.36. The molecule has 1 unspecified atom stereocenters. The molecular formula is C14H16N6O. The fourth-order valence-corrected chi connectivity index (χ4v) is 2.12. The first-order valence-corrected chi connectivity index (χ1v) is 6.72. The molecule has 3 rings (SSSR count). The normalized spacial score (nSPS) is 14.0. The molecule has 2 aromatic heterocycles. The smallest absolute Gasteiger partial charge is 0.200 e. The number of hydrogen-bond donors (Lipinski definition) is 2. The van der Waals surface area contributed by atoms with Crippen LogP contribution in [0.3, 0.4) is 0 Å². The van der Waals surface area contributed by atoms with E-state index in [1.807, 2.05) is 43.3 Å². The second-order valence-corrected chi connectivity index (χ2v) is 5.06. The summed E-state index contributed by atoms with van der Waals surface area (Å²) >= 11 is 0. The minimum atomic E-state index is -0.882. The van der Waals surface area contributed by atoms with Crippen LogP contribution in [0.5, 0.6) is 0 Å². The Morgan fingerprint density at radius 3 is 2.81 bits per heavy atom. The van der Waals surface area contributed by atoms with E-state index < -0.39 is 5.60 Å². The molecule has 7 nitrogen and oxygen atoms in total. The van der Waals surface area contributed by atoms with Crippen molar-refractivity contribution in [3.8, 4) is 0 Å². The summed E-state index contributed by atoms with van der Waals surface area (Å²) in [5.41, 5.74) is 0.611. The van der Waals surface area contributed by atoms with Crippen LogP contribution in [-0.2, 0) is 5.60 Å². The standard InChI is InChI=1S/C14H16N6O/c1-14(21,11-5-3-2-4-6-11)9-10-15-12-7-8-13-16-18-19-20(13)17-12/h2-8,21H,9-10H2,1H3,(H,15,17). The van der Waals surface area contributed by atoms with Gasteiger partial charge in [-0.05, 0) is 41.5 Å². The van der Waals surface area contributed by atoms with Crippen molar-refractivity contribution in [1.29, 1.82) is 0 Å². The fraction of sp³-hybridized carbons (Fsp3) is 0.286. The Bertz CT molecular complexity index is 724. The SMILES string of the molecule is CC(O)(CCNc1ccc2nnnn2n1)c1ccccc1. The molecule has 108 valence electrons. The average molecular weight is 284 g/mol. The number of benzene rings is 1. The van der Waals surface area contributed by atoms with E-state index in [1.165, 1.54) is 4.63 Å². The van der Waals surface area contributed by atoms with Crippen LogP contribution < -0.4 is 5.32 Å². The van der Waals surface area contributed by atoms with E-state index in [9.17, 15) is 5.11 Å².